The molecule has 2 aromatic rings. The highest BCUT2D eigenvalue weighted by molar-refractivity contribution is 6.34. The molecule has 0 atom stereocenters. The number of aromatic nitrogens is 2. The third-order valence-electron chi connectivity index (χ3n) is 2.42. The van der Waals surface area contributed by atoms with Crippen LogP contribution in [-0.2, 0) is 0 Å². The second kappa shape index (κ2) is 3.78. The van der Waals surface area contributed by atoms with E-state index in [0.29, 0.717) is 11.1 Å². The summed E-state index contributed by atoms with van der Waals surface area (Å²) >= 11 is 6.16. The molecule has 15 heavy (non-hydrogen) atoms. The average molecular weight is 221 g/mol. The fourth-order valence-electron chi connectivity index (χ4n) is 1.58. The molecule has 1 aromatic heterocycles. The first-order valence-electron chi connectivity index (χ1n) is 5.02. The van der Waals surface area contributed by atoms with E-state index in [0.717, 1.165) is 22.3 Å². The lowest BCUT2D eigenvalue weighted by Crippen LogP contribution is -1.99. The maximum absolute atomic E-state index is 6.16. The van der Waals surface area contributed by atoms with Crippen molar-refractivity contribution < 1.29 is 0 Å². The van der Waals surface area contributed by atoms with Gasteiger partial charge in [0.2, 0.25) is 0 Å². The predicted octanol–water partition coefficient (Wildman–Crippen LogP) is 3.72. The Morgan fingerprint density at radius 2 is 1.93 bits per heavy atom. The molecule has 2 nitrogen and oxygen atoms in total. The van der Waals surface area contributed by atoms with Gasteiger partial charge in [0, 0.05) is 11.3 Å². The number of rotatable bonds is 1. The monoisotopic (exact) mass is 220 g/mol. The maximum Gasteiger partial charge on any atom is 0.140 e. The lowest BCUT2D eigenvalue weighted by Gasteiger charge is -2.08. The Morgan fingerprint density at radius 1 is 1.20 bits per heavy atom. The fourth-order valence-corrected chi connectivity index (χ4v) is 1.91. The molecule has 0 fully saturated rings. The molecule has 0 saturated carbocycles. The average Bonchev–Trinajstić information content (AvgIpc) is 2.17. The summed E-state index contributed by atoms with van der Waals surface area (Å²) in [6, 6.07) is 5.99. The molecule has 2 rings (SSSR count). The maximum atomic E-state index is 6.16. The summed E-state index contributed by atoms with van der Waals surface area (Å²) in [4.78, 5) is 8.82. The molecule has 0 aliphatic carbocycles. The lowest BCUT2D eigenvalue weighted by atomic mass is 10.1. The highest BCUT2D eigenvalue weighted by Gasteiger charge is 2.09. The molecule has 3 heteroatoms. The second-order valence-corrected chi connectivity index (χ2v) is 4.35. The van der Waals surface area contributed by atoms with Gasteiger partial charge < -0.3 is 0 Å². The van der Waals surface area contributed by atoms with Crippen LogP contribution in [0.2, 0.25) is 5.15 Å². The summed E-state index contributed by atoms with van der Waals surface area (Å²) in [5.41, 5.74) is 2.05. The minimum absolute atomic E-state index is 0.299. The van der Waals surface area contributed by atoms with E-state index in [2.05, 4.69) is 23.8 Å². The number of hydrogen-bond donors (Lipinski definition) is 0. The molecule has 1 heterocycles. The summed E-state index contributed by atoms with van der Waals surface area (Å²) in [5, 5.41) is 1.52. The van der Waals surface area contributed by atoms with Crippen molar-refractivity contribution in [3.8, 4) is 0 Å². The van der Waals surface area contributed by atoms with E-state index < -0.39 is 0 Å². The van der Waals surface area contributed by atoms with Crippen molar-refractivity contribution in [3.63, 3.8) is 0 Å². The summed E-state index contributed by atoms with van der Waals surface area (Å²) in [6.07, 6.45) is 0. The Balaban J connectivity index is 2.78. The van der Waals surface area contributed by atoms with Crippen LogP contribution in [-0.4, -0.2) is 9.97 Å². The van der Waals surface area contributed by atoms with Gasteiger partial charge >= 0.3 is 0 Å². The number of hydrogen-bond acceptors (Lipinski definition) is 2. The van der Waals surface area contributed by atoms with Gasteiger partial charge in [0.15, 0.2) is 0 Å². The molecule has 0 aliphatic rings. The van der Waals surface area contributed by atoms with E-state index in [9.17, 15) is 0 Å². The first-order chi connectivity index (χ1) is 7.09. The van der Waals surface area contributed by atoms with Gasteiger partial charge in [-0.1, -0.05) is 37.6 Å². The van der Waals surface area contributed by atoms with Gasteiger partial charge in [-0.05, 0) is 18.6 Å². The minimum atomic E-state index is 0.299. The van der Waals surface area contributed by atoms with Crippen molar-refractivity contribution in [2.75, 3.05) is 0 Å². The van der Waals surface area contributed by atoms with Crippen LogP contribution in [0.3, 0.4) is 0 Å². The van der Waals surface area contributed by atoms with Gasteiger partial charge in [-0.15, -0.1) is 0 Å². The van der Waals surface area contributed by atoms with E-state index in [1.807, 2.05) is 25.1 Å². The number of halogens is 1. The van der Waals surface area contributed by atoms with E-state index in [4.69, 9.17) is 11.6 Å². The molecule has 0 radical (unpaired) electrons. The molecule has 0 saturated heterocycles. The molecule has 1 aromatic carbocycles. The van der Waals surface area contributed by atoms with Gasteiger partial charge in [0.25, 0.3) is 0 Å². The molecular formula is C12H13ClN2. The summed E-state index contributed by atoms with van der Waals surface area (Å²) in [6.45, 7) is 6.15. The fraction of sp³-hybridized carbons (Fsp3) is 0.333. The Kier molecular flexibility index (Phi) is 2.61. The van der Waals surface area contributed by atoms with E-state index in [1.54, 1.807) is 0 Å². The first kappa shape index (κ1) is 10.4. The molecule has 0 spiro atoms. The number of fused-ring (bicyclic) bond motifs is 1. The van der Waals surface area contributed by atoms with Crippen LogP contribution < -0.4 is 0 Å². The van der Waals surface area contributed by atoms with Crippen LogP contribution in [0.4, 0.5) is 0 Å². The van der Waals surface area contributed by atoms with Crippen molar-refractivity contribution in [1.29, 1.82) is 0 Å². The van der Waals surface area contributed by atoms with Crippen molar-refractivity contribution >= 4 is 22.5 Å². The minimum Gasteiger partial charge on any atom is -0.233 e. The zero-order chi connectivity index (χ0) is 11.0. The Bertz CT molecular complexity index is 506. The van der Waals surface area contributed by atoms with Gasteiger partial charge in [-0.25, -0.2) is 9.97 Å². The predicted molar refractivity (Wildman–Crippen MR) is 63.4 cm³/mol. The van der Waals surface area contributed by atoms with Gasteiger partial charge in [0.05, 0.1) is 5.52 Å². The highest BCUT2D eigenvalue weighted by atomic mass is 35.5. The Morgan fingerprint density at radius 3 is 2.60 bits per heavy atom. The normalized spacial score (nSPS) is 11.3. The topological polar surface area (TPSA) is 25.8 Å². The number of aryl methyl sites for hydroxylation is 1. The van der Waals surface area contributed by atoms with Crippen LogP contribution >= 0.6 is 11.6 Å². The molecule has 0 aliphatic heterocycles. The van der Waals surface area contributed by atoms with Crippen LogP contribution in [0, 0.1) is 6.92 Å². The molecule has 0 N–H and O–H groups in total. The lowest BCUT2D eigenvalue weighted by molar-refractivity contribution is 0.783. The summed E-state index contributed by atoms with van der Waals surface area (Å²) in [7, 11) is 0. The van der Waals surface area contributed by atoms with Crippen LogP contribution in [0.5, 0.6) is 0 Å². The van der Waals surface area contributed by atoms with Crippen molar-refractivity contribution in [1.82, 2.24) is 9.97 Å². The van der Waals surface area contributed by atoms with Crippen molar-refractivity contribution in [2.45, 2.75) is 26.7 Å². The van der Waals surface area contributed by atoms with Crippen LogP contribution in [0.1, 0.15) is 31.2 Å². The molecule has 0 bridgehead atoms. The molecular weight excluding hydrogens is 208 g/mol. The molecule has 78 valence electrons. The first-order valence-corrected chi connectivity index (χ1v) is 5.40. The third kappa shape index (κ3) is 1.82. The zero-order valence-electron chi connectivity index (χ0n) is 9.08. The van der Waals surface area contributed by atoms with E-state index >= 15 is 0 Å². The van der Waals surface area contributed by atoms with Gasteiger partial charge in [0.1, 0.15) is 11.0 Å². The highest BCUT2D eigenvalue weighted by Crippen LogP contribution is 2.25. The Labute approximate surface area is 94.3 Å². The van der Waals surface area contributed by atoms with Crippen molar-refractivity contribution in [2.24, 2.45) is 0 Å². The summed E-state index contributed by atoms with van der Waals surface area (Å²) in [5.74, 6) is 1.10. The SMILES string of the molecule is Cc1cccc2nc(C(C)C)nc(Cl)c12. The largest absolute Gasteiger partial charge is 0.233 e. The van der Waals surface area contributed by atoms with Gasteiger partial charge in [-0.2, -0.15) is 0 Å². The van der Waals surface area contributed by atoms with Crippen LogP contribution in [0.15, 0.2) is 18.2 Å². The summed E-state index contributed by atoms with van der Waals surface area (Å²) < 4.78 is 0. The van der Waals surface area contributed by atoms with Gasteiger partial charge in [-0.3, -0.25) is 0 Å². The third-order valence-corrected chi connectivity index (χ3v) is 2.69. The van der Waals surface area contributed by atoms with Crippen LogP contribution in [0.25, 0.3) is 10.9 Å². The van der Waals surface area contributed by atoms with E-state index in [-0.39, 0.29) is 0 Å². The second-order valence-electron chi connectivity index (χ2n) is 4.00. The molecule has 0 amide bonds. The standard InChI is InChI=1S/C12H13ClN2/c1-7(2)12-14-9-6-4-5-8(3)10(9)11(13)15-12/h4-7H,1-3H3. The smallest absolute Gasteiger partial charge is 0.140 e. The number of benzene rings is 1. The van der Waals surface area contributed by atoms with E-state index in [1.165, 1.54) is 0 Å². The van der Waals surface area contributed by atoms with Crippen molar-refractivity contribution in [3.05, 3.63) is 34.7 Å². The molecule has 0 unspecified atom stereocenters. The quantitative estimate of drug-likeness (QED) is 0.685. The number of nitrogens with zero attached hydrogens (tertiary/aromatic N) is 2. The zero-order valence-corrected chi connectivity index (χ0v) is 9.84. The Hall–Kier alpha value is -1.15.